The van der Waals surface area contributed by atoms with Crippen LogP contribution in [0.5, 0.6) is 0 Å². The Labute approximate surface area is 136 Å². The summed E-state index contributed by atoms with van der Waals surface area (Å²) in [6.07, 6.45) is 1.56. The number of aryl methyl sites for hydroxylation is 2. The molecular weight excluding hydrogens is 312 g/mol. The Balaban J connectivity index is 1.83. The lowest BCUT2D eigenvalue weighted by molar-refractivity contribution is 0.0946. The fourth-order valence-corrected chi connectivity index (χ4v) is 2.05. The van der Waals surface area contributed by atoms with Crippen LogP contribution in [0.3, 0.4) is 0 Å². The molecule has 3 rings (SSSR count). The van der Waals surface area contributed by atoms with Gasteiger partial charge < -0.3 is 5.73 Å². The summed E-state index contributed by atoms with van der Waals surface area (Å²) in [5.41, 5.74) is 10.5. The molecule has 0 aliphatic rings. The van der Waals surface area contributed by atoms with Gasteiger partial charge in [-0.25, -0.2) is 10.1 Å². The number of nitrogens with zero attached hydrogens (tertiary/aromatic N) is 6. The molecule has 0 unspecified atom stereocenters. The first-order valence-electron chi connectivity index (χ1n) is 6.97. The first-order chi connectivity index (χ1) is 11.6. The molecule has 0 saturated carbocycles. The van der Waals surface area contributed by atoms with E-state index < -0.39 is 5.91 Å². The van der Waals surface area contributed by atoms with Gasteiger partial charge >= 0.3 is 0 Å². The quantitative estimate of drug-likeness (QED) is 0.529. The SMILES string of the molecule is Cc1ccccc1/C=N\NC(=O)c1c(C)nnn1-c1nonc1N. The zero-order chi connectivity index (χ0) is 17.1. The number of nitrogens with two attached hydrogens (primary N) is 1. The van der Waals surface area contributed by atoms with Gasteiger partial charge in [-0.05, 0) is 35.3 Å². The molecule has 2 aromatic heterocycles. The minimum absolute atomic E-state index is 0.00244. The van der Waals surface area contributed by atoms with E-state index in [1.165, 1.54) is 0 Å². The lowest BCUT2D eigenvalue weighted by atomic mass is 10.1. The molecule has 0 saturated heterocycles. The number of hydrazone groups is 1. The fourth-order valence-electron chi connectivity index (χ4n) is 2.05. The molecular formula is C14H14N8O2. The average molecular weight is 326 g/mol. The van der Waals surface area contributed by atoms with E-state index in [1.54, 1.807) is 13.1 Å². The second-order valence-electron chi connectivity index (χ2n) is 4.96. The second kappa shape index (κ2) is 6.28. The van der Waals surface area contributed by atoms with Gasteiger partial charge in [0.2, 0.25) is 11.6 Å². The van der Waals surface area contributed by atoms with Crippen molar-refractivity contribution in [2.24, 2.45) is 5.10 Å². The maximum atomic E-state index is 12.4. The Kier molecular flexibility index (Phi) is 4.01. The van der Waals surface area contributed by atoms with Crippen LogP contribution >= 0.6 is 0 Å². The van der Waals surface area contributed by atoms with Crippen molar-refractivity contribution in [2.75, 3.05) is 5.73 Å². The highest BCUT2D eigenvalue weighted by Crippen LogP contribution is 2.14. The number of nitrogens with one attached hydrogen (secondary N) is 1. The zero-order valence-electron chi connectivity index (χ0n) is 13.0. The van der Waals surface area contributed by atoms with Gasteiger partial charge in [0.05, 0.1) is 11.9 Å². The van der Waals surface area contributed by atoms with Gasteiger partial charge in [-0.1, -0.05) is 29.5 Å². The number of amides is 1. The molecule has 1 aromatic carbocycles. The Morgan fingerprint density at radius 3 is 2.83 bits per heavy atom. The highest BCUT2D eigenvalue weighted by atomic mass is 16.6. The summed E-state index contributed by atoms with van der Waals surface area (Å²) in [5.74, 6) is -0.425. The number of hydrogen-bond donors (Lipinski definition) is 2. The highest BCUT2D eigenvalue weighted by Gasteiger charge is 2.22. The monoisotopic (exact) mass is 326 g/mol. The molecule has 0 aliphatic carbocycles. The minimum Gasteiger partial charge on any atom is -0.378 e. The zero-order valence-corrected chi connectivity index (χ0v) is 13.0. The molecule has 0 fully saturated rings. The molecule has 10 heteroatoms. The van der Waals surface area contributed by atoms with Gasteiger partial charge in [0.1, 0.15) is 0 Å². The Morgan fingerprint density at radius 2 is 2.12 bits per heavy atom. The van der Waals surface area contributed by atoms with E-state index in [4.69, 9.17) is 5.73 Å². The summed E-state index contributed by atoms with van der Waals surface area (Å²) in [5, 5.41) is 18.7. The van der Waals surface area contributed by atoms with Crippen molar-refractivity contribution in [1.82, 2.24) is 30.7 Å². The number of benzene rings is 1. The van der Waals surface area contributed by atoms with Crippen molar-refractivity contribution in [2.45, 2.75) is 13.8 Å². The van der Waals surface area contributed by atoms with Gasteiger partial charge in [-0.2, -0.15) is 9.78 Å². The molecule has 1 amide bonds. The van der Waals surface area contributed by atoms with Crippen LogP contribution in [0.2, 0.25) is 0 Å². The lowest BCUT2D eigenvalue weighted by Gasteiger charge is -2.03. The van der Waals surface area contributed by atoms with Crippen molar-refractivity contribution in [3.63, 3.8) is 0 Å². The van der Waals surface area contributed by atoms with Crippen molar-refractivity contribution >= 4 is 17.9 Å². The molecule has 2 heterocycles. The summed E-state index contributed by atoms with van der Waals surface area (Å²) < 4.78 is 5.67. The number of aromatic nitrogens is 5. The fraction of sp³-hybridized carbons (Fsp3) is 0.143. The minimum atomic E-state index is -0.510. The summed E-state index contributed by atoms with van der Waals surface area (Å²) >= 11 is 0. The molecule has 10 nitrogen and oxygen atoms in total. The third-order valence-corrected chi connectivity index (χ3v) is 3.31. The largest absolute Gasteiger partial charge is 0.378 e. The molecule has 0 aliphatic heterocycles. The molecule has 3 aromatic rings. The van der Waals surface area contributed by atoms with Crippen LogP contribution in [0, 0.1) is 13.8 Å². The normalized spacial score (nSPS) is 11.1. The van der Waals surface area contributed by atoms with E-state index >= 15 is 0 Å². The van der Waals surface area contributed by atoms with Gasteiger partial charge in [0, 0.05) is 0 Å². The van der Waals surface area contributed by atoms with Gasteiger partial charge in [0.25, 0.3) is 5.91 Å². The van der Waals surface area contributed by atoms with Crippen LogP contribution in [-0.2, 0) is 0 Å². The van der Waals surface area contributed by atoms with E-state index in [-0.39, 0.29) is 17.3 Å². The maximum Gasteiger partial charge on any atom is 0.292 e. The number of carbonyl (C=O) groups excluding carboxylic acids is 1. The molecule has 24 heavy (non-hydrogen) atoms. The van der Waals surface area contributed by atoms with E-state index in [1.807, 2.05) is 31.2 Å². The third kappa shape index (κ3) is 2.84. The van der Waals surface area contributed by atoms with Crippen molar-refractivity contribution in [3.8, 4) is 5.82 Å². The van der Waals surface area contributed by atoms with Crippen LogP contribution in [0.25, 0.3) is 5.82 Å². The summed E-state index contributed by atoms with van der Waals surface area (Å²) in [7, 11) is 0. The van der Waals surface area contributed by atoms with E-state index in [0.29, 0.717) is 5.69 Å². The lowest BCUT2D eigenvalue weighted by Crippen LogP contribution is -2.22. The van der Waals surface area contributed by atoms with Crippen LogP contribution in [-0.4, -0.2) is 37.4 Å². The third-order valence-electron chi connectivity index (χ3n) is 3.31. The number of nitrogen functional groups attached to an aromatic ring is 1. The average Bonchev–Trinajstić information content (AvgIpc) is 3.14. The van der Waals surface area contributed by atoms with Crippen LogP contribution in [0.1, 0.15) is 27.3 Å². The number of hydrogen-bond acceptors (Lipinski definition) is 8. The van der Waals surface area contributed by atoms with Gasteiger partial charge in [-0.3, -0.25) is 4.79 Å². The summed E-state index contributed by atoms with van der Waals surface area (Å²) in [6.45, 7) is 3.58. The molecule has 0 spiro atoms. The van der Waals surface area contributed by atoms with Crippen molar-refractivity contribution < 1.29 is 9.42 Å². The summed E-state index contributed by atoms with van der Waals surface area (Å²) in [4.78, 5) is 12.4. The number of rotatable bonds is 4. The Morgan fingerprint density at radius 1 is 1.33 bits per heavy atom. The molecule has 0 bridgehead atoms. The molecule has 0 atom stereocenters. The van der Waals surface area contributed by atoms with Crippen molar-refractivity contribution in [1.29, 1.82) is 0 Å². The standard InChI is InChI=1S/C14H14N8O2/c1-8-5-3-4-6-10(8)7-16-18-14(23)11-9(2)17-21-22(11)13-12(15)19-24-20-13/h3-7H,1-2H3,(H2,15,19)(H,18,23)/b16-7-. The number of anilines is 1. The molecule has 0 radical (unpaired) electrons. The van der Waals surface area contributed by atoms with Crippen LogP contribution in [0.15, 0.2) is 34.0 Å². The van der Waals surface area contributed by atoms with E-state index in [9.17, 15) is 4.79 Å². The highest BCUT2D eigenvalue weighted by molar-refractivity contribution is 5.95. The number of carbonyl (C=O) groups is 1. The topological polar surface area (TPSA) is 137 Å². The van der Waals surface area contributed by atoms with Crippen LogP contribution < -0.4 is 11.2 Å². The van der Waals surface area contributed by atoms with Crippen molar-refractivity contribution in [3.05, 3.63) is 46.8 Å². The van der Waals surface area contributed by atoms with E-state index in [0.717, 1.165) is 15.8 Å². The van der Waals surface area contributed by atoms with Gasteiger partial charge in [0.15, 0.2) is 5.69 Å². The predicted molar refractivity (Wildman–Crippen MR) is 84.6 cm³/mol. The predicted octanol–water partition coefficient (Wildman–Crippen LogP) is 0.613. The Hall–Kier alpha value is -3.56. The second-order valence-corrected chi connectivity index (χ2v) is 4.96. The van der Waals surface area contributed by atoms with E-state index in [2.05, 4.69) is 35.8 Å². The smallest absolute Gasteiger partial charge is 0.292 e. The summed E-state index contributed by atoms with van der Waals surface area (Å²) in [6, 6.07) is 7.66. The first-order valence-corrected chi connectivity index (χ1v) is 6.97. The Bertz CT molecular complexity index is 911. The molecule has 122 valence electrons. The first kappa shape index (κ1) is 15.3. The molecule has 3 N–H and O–H groups in total. The maximum absolute atomic E-state index is 12.4. The van der Waals surface area contributed by atoms with Gasteiger partial charge in [-0.15, -0.1) is 5.10 Å². The van der Waals surface area contributed by atoms with Crippen LogP contribution in [0.4, 0.5) is 5.82 Å².